The Bertz CT molecular complexity index is 1390. The summed E-state index contributed by atoms with van der Waals surface area (Å²) in [6, 6.07) is 13.2. The van der Waals surface area contributed by atoms with Crippen LogP contribution < -0.4 is 4.90 Å². The molecule has 1 atom stereocenters. The molecule has 1 aromatic heterocycles. The lowest BCUT2D eigenvalue weighted by atomic mass is 9.95. The number of aryl methyl sites for hydroxylation is 1. The van der Waals surface area contributed by atoms with Crippen molar-refractivity contribution in [1.82, 2.24) is 4.98 Å². The molecule has 0 bridgehead atoms. The summed E-state index contributed by atoms with van der Waals surface area (Å²) in [4.78, 5) is 44.5. The standard InChI is InChI=1S/C27H21FN2O5S/c1-3-15-35-26(34)24-16(2)29-27(36-24)30-22(18-10-12-19(28)13-11-18)21(23(32)25(30)33)20(31)14-9-17-7-5-4-6-8-17/h3-14,22,32H,1,15H2,2H3/b14-9+. The second-order valence-electron chi connectivity index (χ2n) is 7.80. The Morgan fingerprint density at radius 2 is 1.89 bits per heavy atom. The van der Waals surface area contributed by atoms with E-state index >= 15 is 0 Å². The summed E-state index contributed by atoms with van der Waals surface area (Å²) < 4.78 is 18.8. The molecular formula is C27H21FN2O5S. The van der Waals surface area contributed by atoms with Crippen LogP contribution in [0.5, 0.6) is 0 Å². The Hall–Kier alpha value is -4.37. The fourth-order valence-corrected chi connectivity index (χ4v) is 4.70. The Balaban J connectivity index is 1.76. The molecule has 1 unspecified atom stereocenters. The van der Waals surface area contributed by atoms with E-state index in [2.05, 4.69) is 11.6 Å². The summed E-state index contributed by atoms with van der Waals surface area (Å²) in [6.45, 7) is 5.09. The molecule has 182 valence electrons. The molecule has 3 aromatic rings. The lowest BCUT2D eigenvalue weighted by molar-refractivity contribution is -0.117. The molecule has 1 N–H and O–H groups in total. The van der Waals surface area contributed by atoms with E-state index in [1.165, 1.54) is 36.4 Å². The molecule has 0 fully saturated rings. The predicted molar refractivity (Wildman–Crippen MR) is 134 cm³/mol. The topological polar surface area (TPSA) is 96.8 Å². The van der Waals surface area contributed by atoms with Gasteiger partial charge in [0.2, 0.25) is 0 Å². The molecule has 1 aliphatic heterocycles. The van der Waals surface area contributed by atoms with Gasteiger partial charge in [-0.15, -0.1) is 0 Å². The largest absolute Gasteiger partial charge is 0.503 e. The number of nitrogens with zero attached hydrogens (tertiary/aromatic N) is 2. The zero-order valence-electron chi connectivity index (χ0n) is 19.2. The molecule has 2 aromatic carbocycles. The van der Waals surface area contributed by atoms with Gasteiger partial charge < -0.3 is 9.84 Å². The van der Waals surface area contributed by atoms with E-state index in [1.807, 2.05) is 18.2 Å². The van der Waals surface area contributed by atoms with Gasteiger partial charge in [0.1, 0.15) is 17.3 Å². The molecule has 0 aliphatic carbocycles. The van der Waals surface area contributed by atoms with Crippen molar-refractivity contribution in [3.8, 4) is 0 Å². The molecule has 0 saturated carbocycles. The molecule has 0 spiro atoms. The molecule has 4 rings (SSSR count). The molecule has 1 amide bonds. The number of benzene rings is 2. The number of aromatic nitrogens is 1. The molecular weight excluding hydrogens is 483 g/mol. The minimum atomic E-state index is -1.09. The maximum atomic E-state index is 13.7. The molecule has 0 saturated heterocycles. The second-order valence-corrected chi connectivity index (χ2v) is 8.78. The lowest BCUT2D eigenvalue weighted by Gasteiger charge is -2.24. The van der Waals surface area contributed by atoms with E-state index < -0.39 is 35.3 Å². The minimum absolute atomic E-state index is 0.00109. The van der Waals surface area contributed by atoms with E-state index in [0.29, 0.717) is 11.3 Å². The van der Waals surface area contributed by atoms with Gasteiger partial charge in [0.15, 0.2) is 16.7 Å². The number of aliphatic hydroxyl groups is 1. The predicted octanol–water partition coefficient (Wildman–Crippen LogP) is 5.12. The SMILES string of the molecule is C=CCOC(=O)c1sc(N2C(=O)C(O)=C(C(=O)/C=C/c3ccccc3)C2c2ccc(F)cc2)nc1C. The normalized spacial score (nSPS) is 15.6. The first-order chi connectivity index (χ1) is 17.3. The number of carbonyl (C=O) groups excluding carboxylic acids is 3. The number of rotatable bonds is 8. The molecule has 0 radical (unpaired) electrons. The van der Waals surface area contributed by atoms with Crippen LogP contribution in [0.4, 0.5) is 9.52 Å². The number of aliphatic hydroxyl groups excluding tert-OH is 1. The van der Waals surface area contributed by atoms with Crippen molar-refractivity contribution in [2.45, 2.75) is 13.0 Å². The van der Waals surface area contributed by atoms with Crippen molar-refractivity contribution in [3.05, 3.63) is 112 Å². The van der Waals surface area contributed by atoms with Crippen LogP contribution in [0.1, 0.15) is 32.5 Å². The van der Waals surface area contributed by atoms with Gasteiger partial charge in [-0.1, -0.05) is 72.5 Å². The summed E-state index contributed by atoms with van der Waals surface area (Å²) in [5.74, 6) is -3.34. The maximum absolute atomic E-state index is 13.7. The average Bonchev–Trinajstić information content (AvgIpc) is 3.39. The van der Waals surface area contributed by atoms with Gasteiger partial charge in [0, 0.05) is 0 Å². The highest BCUT2D eigenvalue weighted by Crippen LogP contribution is 2.43. The van der Waals surface area contributed by atoms with Crippen LogP contribution in [-0.2, 0) is 14.3 Å². The van der Waals surface area contributed by atoms with Gasteiger partial charge >= 0.3 is 5.97 Å². The van der Waals surface area contributed by atoms with Gasteiger partial charge in [-0.05, 0) is 36.3 Å². The fourth-order valence-electron chi connectivity index (χ4n) is 3.72. The Morgan fingerprint density at radius 3 is 2.56 bits per heavy atom. The third-order valence-corrected chi connectivity index (χ3v) is 6.53. The van der Waals surface area contributed by atoms with Gasteiger partial charge in [-0.25, -0.2) is 14.2 Å². The van der Waals surface area contributed by atoms with Crippen LogP contribution in [0.2, 0.25) is 0 Å². The van der Waals surface area contributed by atoms with Crippen LogP contribution in [0, 0.1) is 12.7 Å². The zero-order chi connectivity index (χ0) is 25.8. The first kappa shape index (κ1) is 24.7. The number of halogens is 1. The molecule has 9 heteroatoms. The van der Waals surface area contributed by atoms with Crippen LogP contribution >= 0.6 is 11.3 Å². The number of ether oxygens (including phenoxy) is 1. The Labute approximate surface area is 210 Å². The van der Waals surface area contributed by atoms with E-state index in [4.69, 9.17) is 4.74 Å². The van der Waals surface area contributed by atoms with Gasteiger partial charge in [-0.2, -0.15) is 0 Å². The molecule has 1 aliphatic rings. The van der Waals surface area contributed by atoms with Crippen molar-refractivity contribution < 1.29 is 28.6 Å². The van der Waals surface area contributed by atoms with E-state index in [0.717, 1.165) is 21.8 Å². The summed E-state index contributed by atoms with van der Waals surface area (Å²) in [7, 11) is 0. The highest BCUT2D eigenvalue weighted by molar-refractivity contribution is 7.17. The molecule has 36 heavy (non-hydrogen) atoms. The monoisotopic (exact) mass is 504 g/mol. The number of hydrogen-bond donors (Lipinski definition) is 1. The van der Waals surface area contributed by atoms with E-state index in [1.54, 1.807) is 25.1 Å². The van der Waals surface area contributed by atoms with Crippen LogP contribution in [0.15, 0.2) is 84.7 Å². The van der Waals surface area contributed by atoms with Gasteiger partial charge in [0.05, 0.1) is 17.3 Å². The van der Waals surface area contributed by atoms with Gasteiger partial charge in [0.25, 0.3) is 5.91 Å². The zero-order valence-corrected chi connectivity index (χ0v) is 20.0. The number of hydrogen-bond acceptors (Lipinski definition) is 7. The number of thiazole rings is 1. The quantitative estimate of drug-likeness (QED) is 0.260. The van der Waals surface area contributed by atoms with Crippen LogP contribution in [0.3, 0.4) is 0 Å². The van der Waals surface area contributed by atoms with Crippen molar-refractivity contribution in [3.63, 3.8) is 0 Å². The van der Waals surface area contributed by atoms with Crippen molar-refractivity contribution >= 4 is 40.2 Å². The second kappa shape index (κ2) is 10.5. The van der Waals surface area contributed by atoms with Crippen LogP contribution in [0.25, 0.3) is 6.08 Å². The summed E-state index contributed by atoms with van der Waals surface area (Å²) in [5, 5.41) is 10.9. The smallest absolute Gasteiger partial charge is 0.350 e. The van der Waals surface area contributed by atoms with Gasteiger partial charge in [-0.3, -0.25) is 14.5 Å². The highest BCUT2D eigenvalue weighted by Gasteiger charge is 2.45. The Kier molecular flexibility index (Phi) is 7.21. The number of allylic oxidation sites excluding steroid dienone is 1. The van der Waals surface area contributed by atoms with Crippen molar-refractivity contribution in [2.75, 3.05) is 11.5 Å². The third kappa shape index (κ3) is 4.87. The number of amides is 1. The van der Waals surface area contributed by atoms with Crippen LogP contribution in [-0.4, -0.2) is 34.4 Å². The Morgan fingerprint density at radius 1 is 1.19 bits per heavy atom. The number of ketones is 1. The summed E-state index contributed by atoms with van der Waals surface area (Å²) >= 11 is 0.891. The number of esters is 1. The number of carbonyl (C=O) groups is 3. The fraction of sp³-hybridized carbons (Fsp3) is 0.111. The lowest BCUT2D eigenvalue weighted by Crippen LogP contribution is -2.30. The van der Waals surface area contributed by atoms with Crippen molar-refractivity contribution in [2.24, 2.45) is 0 Å². The number of anilines is 1. The average molecular weight is 505 g/mol. The highest BCUT2D eigenvalue weighted by atomic mass is 32.1. The summed E-state index contributed by atoms with van der Waals surface area (Å²) in [5.41, 5.74) is 1.28. The summed E-state index contributed by atoms with van der Waals surface area (Å²) in [6.07, 6.45) is 4.25. The first-order valence-corrected chi connectivity index (χ1v) is 11.7. The minimum Gasteiger partial charge on any atom is -0.503 e. The van der Waals surface area contributed by atoms with Crippen molar-refractivity contribution in [1.29, 1.82) is 0 Å². The van der Waals surface area contributed by atoms with E-state index in [9.17, 15) is 23.9 Å². The third-order valence-electron chi connectivity index (χ3n) is 5.40. The molecule has 2 heterocycles. The maximum Gasteiger partial charge on any atom is 0.350 e. The van der Waals surface area contributed by atoms with E-state index in [-0.39, 0.29) is 22.2 Å². The molecule has 7 nitrogen and oxygen atoms in total. The first-order valence-electron chi connectivity index (χ1n) is 10.9.